The van der Waals surface area contributed by atoms with Crippen molar-refractivity contribution in [2.24, 2.45) is 5.11 Å². The van der Waals surface area contributed by atoms with E-state index in [-0.39, 0.29) is 0 Å². The van der Waals surface area contributed by atoms with Crippen LogP contribution >= 0.6 is 0 Å². The smallest absolute Gasteiger partial charge is 0.114 e. The monoisotopic (exact) mass is 319 g/mol. The van der Waals surface area contributed by atoms with Crippen LogP contribution in [0.15, 0.2) is 41.5 Å². The minimum absolute atomic E-state index is 0.489. The van der Waals surface area contributed by atoms with Crippen molar-refractivity contribution in [3.63, 3.8) is 0 Å². The highest BCUT2D eigenvalue weighted by atomic mass is 15.1. The molecule has 0 saturated heterocycles. The van der Waals surface area contributed by atoms with Gasteiger partial charge in [0.2, 0.25) is 0 Å². The van der Waals surface area contributed by atoms with Crippen LogP contribution in [-0.4, -0.2) is 16.1 Å². The Kier molecular flexibility index (Phi) is 4.54. The Labute approximate surface area is 141 Å². The Balaban J connectivity index is 2.05. The predicted octanol–water partition coefficient (Wildman–Crippen LogP) is 5.06. The van der Waals surface area contributed by atoms with E-state index in [0.717, 1.165) is 35.4 Å². The molecule has 5 nitrogen and oxygen atoms in total. The first-order valence-electron chi connectivity index (χ1n) is 8.23. The third kappa shape index (κ3) is 2.86. The number of fused-ring (bicyclic) bond motifs is 1. The molecular formula is C19H21N5. The van der Waals surface area contributed by atoms with Crippen LogP contribution in [-0.2, 0) is 12.8 Å². The maximum absolute atomic E-state index is 8.36. The fraction of sp³-hybridized carbons (Fsp3) is 0.316. The lowest BCUT2D eigenvalue weighted by Crippen LogP contribution is -2.00. The summed E-state index contributed by atoms with van der Waals surface area (Å²) >= 11 is 0. The Hall–Kier alpha value is -2.78. The maximum atomic E-state index is 8.36. The summed E-state index contributed by atoms with van der Waals surface area (Å²) in [6.45, 7) is 6.88. The normalized spacial score (nSPS) is 10.8. The standard InChI is InChI=1S/C19H21N5/c1-4-18-22-19-14(3)13(2)5-10-17(19)24(18)16-8-6-15(7-9-16)11-12-21-23-20/h5-10H,4,11-12H2,1-3H3. The molecule has 0 aliphatic carbocycles. The number of imidazole rings is 1. The van der Waals surface area contributed by atoms with E-state index in [1.807, 2.05) is 0 Å². The van der Waals surface area contributed by atoms with E-state index in [1.54, 1.807) is 0 Å². The van der Waals surface area contributed by atoms with E-state index in [9.17, 15) is 0 Å². The number of aromatic nitrogens is 2. The summed E-state index contributed by atoms with van der Waals surface area (Å²) in [7, 11) is 0. The van der Waals surface area contributed by atoms with Gasteiger partial charge in [0.15, 0.2) is 0 Å². The average molecular weight is 319 g/mol. The molecule has 3 aromatic rings. The van der Waals surface area contributed by atoms with Crippen molar-refractivity contribution in [3.05, 3.63) is 69.4 Å². The zero-order valence-corrected chi connectivity index (χ0v) is 14.3. The van der Waals surface area contributed by atoms with Crippen molar-refractivity contribution in [2.75, 3.05) is 6.54 Å². The van der Waals surface area contributed by atoms with E-state index in [2.05, 4.69) is 71.8 Å². The van der Waals surface area contributed by atoms with Crippen LogP contribution in [0.4, 0.5) is 0 Å². The largest absolute Gasteiger partial charge is 0.296 e. The van der Waals surface area contributed by atoms with E-state index >= 15 is 0 Å². The van der Waals surface area contributed by atoms with Gasteiger partial charge in [-0.3, -0.25) is 4.57 Å². The molecule has 24 heavy (non-hydrogen) atoms. The SMILES string of the molecule is CCc1nc2c(C)c(C)ccc2n1-c1ccc(CCN=[N+]=[N-])cc1. The van der Waals surface area contributed by atoms with Crippen molar-refractivity contribution in [2.45, 2.75) is 33.6 Å². The van der Waals surface area contributed by atoms with E-state index in [0.29, 0.717) is 6.54 Å². The van der Waals surface area contributed by atoms with Gasteiger partial charge in [-0.25, -0.2) is 4.98 Å². The van der Waals surface area contributed by atoms with Gasteiger partial charge in [0.25, 0.3) is 0 Å². The summed E-state index contributed by atoms with van der Waals surface area (Å²) in [6, 6.07) is 12.7. The van der Waals surface area contributed by atoms with Crippen LogP contribution in [0.2, 0.25) is 0 Å². The van der Waals surface area contributed by atoms with Crippen LogP contribution in [0.3, 0.4) is 0 Å². The molecule has 0 amide bonds. The second kappa shape index (κ2) is 6.77. The quantitative estimate of drug-likeness (QED) is 0.368. The van der Waals surface area contributed by atoms with Crippen LogP contribution in [0, 0.1) is 13.8 Å². The van der Waals surface area contributed by atoms with Crippen LogP contribution in [0.1, 0.15) is 29.4 Å². The summed E-state index contributed by atoms with van der Waals surface area (Å²) in [6.07, 6.45) is 1.64. The Morgan fingerprint density at radius 2 is 1.88 bits per heavy atom. The topological polar surface area (TPSA) is 66.6 Å². The highest BCUT2D eigenvalue weighted by Gasteiger charge is 2.13. The Morgan fingerprint density at radius 3 is 2.54 bits per heavy atom. The van der Waals surface area contributed by atoms with Crippen LogP contribution < -0.4 is 0 Å². The number of hydrogen-bond donors (Lipinski definition) is 0. The molecule has 0 radical (unpaired) electrons. The number of rotatable bonds is 5. The number of azide groups is 1. The zero-order valence-electron chi connectivity index (χ0n) is 14.3. The van der Waals surface area contributed by atoms with Crippen molar-refractivity contribution in [3.8, 4) is 5.69 Å². The molecule has 0 atom stereocenters. The Morgan fingerprint density at radius 1 is 1.12 bits per heavy atom. The van der Waals surface area contributed by atoms with Gasteiger partial charge in [0.05, 0.1) is 11.0 Å². The van der Waals surface area contributed by atoms with Crippen LogP contribution in [0.25, 0.3) is 27.2 Å². The summed E-state index contributed by atoms with van der Waals surface area (Å²) in [4.78, 5) is 7.65. The van der Waals surface area contributed by atoms with E-state index < -0.39 is 0 Å². The first-order chi connectivity index (χ1) is 11.7. The maximum Gasteiger partial charge on any atom is 0.114 e. The highest BCUT2D eigenvalue weighted by Crippen LogP contribution is 2.26. The molecule has 1 heterocycles. The number of aryl methyl sites for hydroxylation is 3. The van der Waals surface area contributed by atoms with Gasteiger partial charge < -0.3 is 0 Å². The lowest BCUT2D eigenvalue weighted by atomic mass is 10.1. The fourth-order valence-corrected chi connectivity index (χ4v) is 2.99. The minimum Gasteiger partial charge on any atom is -0.296 e. The molecule has 122 valence electrons. The Bertz CT molecular complexity index is 915. The van der Waals surface area contributed by atoms with Gasteiger partial charge in [-0.05, 0) is 60.7 Å². The molecule has 0 bridgehead atoms. The summed E-state index contributed by atoms with van der Waals surface area (Å²) in [5, 5.41) is 3.59. The summed E-state index contributed by atoms with van der Waals surface area (Å²) in [5.41, 5.74) is 15.4. The zero-order chi connectivity index (χ0) is 17.1. The molecule has 0 unspecified atom stereocenters. The van der Waals surface area contributed by atoms with Gasteiger partial charge in [0, 0.05) is 23.6 Å². The molecule has 0 aliphatic heterocycles. The lowest BCUT2D eigenvalue weighted by molar-refractivity contribution is 0.904. The molecule has 0 aliphatic rings. The number of nitrogens with zero attached hydrogens (tertiary/aromatic N) is 5. The molecule has 0 spiro atoms. The van der Waals surface area contributed by atoms with Crippen molar-refractivity contribution < 1.29 is 0 Å². The van der Waals surface area contributed by atoms with Gasteiger partial charge in [-0.1, -0.05) is 30.2 Å². The molecule has 3 rings (SSSR count). The van der Waals surface area contributed by atoms with Crippen molar-refractivity contribution in [1.82, 2.24) is 9.55 Å². The van der Waals surface area contributed by atoms with Gasteiger partial charge in [-0.15, -0.1) is 0 Å². The molecular weight excluding hydrogens is 298 g/mol. The second-order valence-electron chi connectivity index (χ2n) is 5.96. The third-order valence-electron chi connectivity index (χ3n) is 4.49. The molecule has 0 fully saturated rings. The average Bonchev–Trinajstić information content (AvgIpc) is 2.98. The number of hydrogen-bond acceptors (Lipinski definition) is 2. The number of benzene rings is 2. The highest BCUT2D eigenvalue weighted by molar-refractivity contribution is 5.82. The van der Waals surface area contributed by atoms with Crippen LogP contribution in [0.5, 0.6) is 0 Å². The predicted molar refractivity (Wildman–Crippen MR) is 97.6 cm³/mol. The van der Waals surface area contributed by atoms with Crippen molar-refractivity contribution in [1.29, 1.82) is 0 Å². The van der Waals surface area contributed by atoms with Crippen molar-refractivity contribution >= 4 is 11.0 Å². The van der Waals surface area contributed by atoms with Gasteiger partial charge >= 0.3 is 0 Å². The summed E-state index contributed by atoms with van der Waals surface area (Å²) < 4.78 is 2.24. The van der Waals surface area contributed by atoms with E-state index in [4.69, 9.17) is 10.5 Å². The molecule has 0 saturated carbocycles. The summed E-state index contributed by atoms with van der Waals surface area (Å²) in [5.74, 6) is 1.07. The fourth-order valence-electron chi connectivity index (χ4n) is 2.99. The van der Waals surface area contributed by atoms with Gasteiger partial charge in [-0.2, -0.15) is 0 Å². The first-order valence-corrected chi connectivity index (χ1v) is 8.23. The lowest BCUT2D eigenvalue weighted by Gasteiger charge is -2.10. The first kappa shape index (κ1) is 16.1. The second-order valence-corrected chi connectivity index (χ2v) is 5.96. The molecule has 1 aromatic heterocycles. The molecule has 0 N–H and O–H groups in total. The van der Waals surface area contributed by atoms with Gasteiger partial charge in [0.1, 0.15) is 5.82 Å². The third-order valence-corrected chi connectivity index (χ3v) is 4.49. The minimum atomic E-state index is 0.489. The van der Waals surface area contributed by atoms with E-state index in [1.165, 1.54) is 16.7 Å². The molecule has 5 heteroatoms. The molecule has 2 aromatic carbocycles.